The standard InChI is InChI=1S/C22H22BrN5O2/c1-4-26(5-2)13-27-19-9-7-6-8-16(19)20(22(27)30)25-28-14(3)24-18-11-10-15(23)12-17(18)21(28)29/h6-12H,4-5,13H2,1-3H3/b25-20+. The molecule has 154 valence electrons. The first-order valence-corrected chi connectivity index (χ1v) is 10.6. The lowest BCUT2D eigenvalue weighted by molar-refractivity contribution is -0.112. The molecule has 1 aliphatic heterocycles. The zero-order chi connectivity index (χ0) is 21.4. The van der Waals surface area contributed by atoms with Crippen LogP contribution in [0.15, 0.2) is 56.8 Å². The zero-order valence-electron chi connectivity index (χ0n) is 17.1. The van der Waals surface area contributed by atoms with E-state index in [1.807, 2.05) is 30.3 Å². The number of fused-ring (bicyclic) bond motifs is 2. The first-order valence-electron chi connectivity index (χ1n) is 9.86. The summed E-state index contributed by atoms with van der Waals surface area (Å²) in [5.41, 5.74) is 2.06. The fourth-order valence-corrected chi connectivity index (χ4v) is 3.96. The van der Waals surface area contributed by atoms with Gasteiger partial charge >= 0.3 is 0 Å². The quantitative estimate of drug-likeness (QED) is 0.576. The highest BCUT2D eigenvalue weighted by Gasteiger charge is 2.35. The minimum atomic E-state index is -0.307. The van der Waals surface area contributed by atoms with E-state index in [9.17, 15) is 9.59 Å². The van der Waals surface area contributed by atoms with E-state index >= 15 is 0 Å². The van der Waals surface area contributed by atoms with E-state index in [0.717, 1.165) is 28.8 Å². The molecule has 0 saturated heterocycles. The number of halogens is 1. The molecule has 1 aromatic heterocycles. The summed E-state index contributed by atoms with van der Waals surface area (Å²) < 4.78 is 2.00. The first kappa shape index (κ1) is 20.4. The number of hydrogen-bond acceptors (Lipinski definition) is 5. The maximum atomic E-state index is 13.3. The average Bonchev–Trinajstić information content (AvgIpc) is 3.00. The lowest BCUT2D eigenvalue weighted by Crippen LogP contribution is -2.41. The Morgan fingerprint density at radius 2 is 1.83 bits per heavy atom. The Hall–Kier alpha value is -2.84. The van der Waals surface area contributed by atoms with Gasteiger partial charge in [0.05, 0.1) is 23.3 Å². The Morgan fingerprint density at radius 3 is 2.57 bits per heavy atom. The van der Waals surface area contributed by atoms with Crippen molar-refractivity contribution >= 4 is 44.1 Å². The highest BCUT2D eigenvalue weighted by molar-refractivity contribution is 9.10. The third kappa shape index (κ3) is 3.46. The van der Waals surface area contributed by atoms with Crippen molar-refractivity contribution in [2.75, 3.05) is 24.7 Å². The molecule has 0 N–H and O–H groups in total. The molecule has 30 heavy (non-hydrogen) atoms. The number of aromatic nitrogens is 2. The number of benzene rings is 2. The van der Waals surface area contributed by atoms with Crippen molar-refractivity contribution in [3.63, 3.8) is 0 Å². The van der Waals surface area contributed by atoms with E-state index in [1.54, 1.807) is 24.0 Å². The molecule has 0 unspecified atom stereocenters. The summed E-state index contributed by atoms with van der Waals surface area (Å²) in [7, 11) is 0. The van der Waals surface area contributed by atoms with Gasteiger partial charge in [0, 0.05) is 10.0 Å². The Bertz CT molecular complexity index is 1230. The molecule has 0 saturated carbocycles. The van der Waals surface area contributed by atoms with Gasteiger partial charge in [-0.25, -0.2) is 4.98 Å². The first-order chi connectivity index (χ1) is 14.4. The second-order valence-corrected chi connectivity index (χ2v) is 8.00. The molecule has 4 rings (SSSR count). The molecule has 3 aromatic rings. The summed E-state index contributed by atoms with van der Waals surface area (Å²) in [6, 6.07) is 12.9. The third-order valence-electron chi connectivity index (χ3n) is 5.30. The SMILES string of the molecule is CCN(CC)CN1C(=O)/C(=N/n2c(C)nc3ccc(Br)cc3c2=O)c2ccccc21. The Balaban J connectivity index is 1.86. The van der Waals surface area contributed by atoms with E-state index in [-0.39, 0.29) is 17.2 Å². The van der Waals surface area contributed by atoms with Crippen LogP contribution in [0.3, 0.4) is 0 Å². The van der Waals surface area contributed by atoms with Crippen LogP contribution < -0.4 is 10.5 Å². The van der Waals surface area contributed by atoms with Gasteiger partial charge in [-0.05, 0) is 44.3 Å². The van der Waals surface area contributed by atoms with Crippen LogP contribution in [0.2, 0.25) is 0 Å². The molecule has 0 spiro atoms. The molecule has 0 fully saturated rings. The predicted molar refractivity (Wildman–Crippen MR) is 122 cm³/mol. The molecule has 0 bridgehead atoms. The van der Waals surface area contributed by atoms with Crippen molar-refractivity contribution < 1.29 is 4.79 Å². The van der Waals surface area contributed by atoms with Crippen LogP contribution in [0, 0.1) is 6.92 Å². The molecule has 0 aliphatic carbocycles. The number of carbonyl (C=O) groups is 1. The van der Waals surface area contributed by atoms with Gasteiger partial charge in [-0.3, -0.25) is 19.4 Å². The second-order valence-electron chi connectivity index (χ2n) is 7.08. The molecule has 8 heteroatoms. The van der Waals surface area contributed by atoms with E-state index in [2.05, 4.69) is 44.8 Å². The van der Waals surface area contributed by atoms with E-state index in [1.165, 1.54) is 4.68 Å². The van der Waals surface area contributed by atoms with Gasteiger partial charge in [0.15, 0.2) is 5.71 Å². The van der Waals surface area contributed by atoms with Crippen LogP contribution in [0.25, 0.3) is 10.9 Å². The molecule has 0 atom stereocenters. The van der Waals surface area contributed by atoms with Crippen LogP contribution in [0.1, 0.15) is 25.2 Å². The maximum absolute atomic E-state index is 13.3. The van der Waals surface area contributed by atoms with E-state index < -0.39 is 0 Å². The van der Waals surface area contributed by atoms with Crippen molar-refractivity contribution in [3.05, 3.63) is 68.7 Å². The monoisotopic (exact) mass is 467 g/mol. The molecular weight excluding hydrogens is 446 g/mol. The number of rotatable bonds is 5. The normalized spacial score (nSPS) is 14.9. The number of aryl methyl sites for hydroxylation is 1. The van der Waals surface area contributed by atoms with Gasteiger partial charge in [0.25, 0.3) is 11.5 Å². The van der Waals surface area contributed by atoms with Crippen LogP contribution in [0.4, 0.5) is 5.69 Å². The summed E-state index contributed by atoms with van der Waals surface area (Å²) in [6.07, 6.45) is 0. The lowest BCUT2D eigenvalue weighted by atomic mass is 10.1. The van der Waals surface area contributed by atoms with Gasteiger partial charge in [0.2, 0.25) is 0 Å². The van der Waals surface area contributed by atoms with Crippen LogP contribution >= 0.6 is 15.9 Å². The van der Waals surface area contributed by atoms with Gasteiger partial charge < -0.3 is 0 Å². The molecule has 1 aliphatic rings. The van der Waals surface area contributed by atoms with E-state index in [4.69, 9.17) is 0 Å². The van der Waals surface area contributed by atoms with Crippen LogP contribution in [-0.4, -0.2) is 45.9 Å². The minimum absolute atomic E-state index is 0.219. The van der Waals surface area contributed by atoms with E-state index in [0.29, 0.717) is 23.4 Å². The summed E-state index contributed by atoms with van der Waals surface area (Å²) in [6.45, 7) is 7.97. The highest BCUT2D eigenvalue weighted by atomic mass is 79.9. The van der Waals surface area contributed by atoms with Gasteiger partial charge in [-0.2, -0.15) is 9.78 Å². The summed E-state index contributed by atoms with van der Waals surface area (Å²) >= 11 is 3.40. The molecular formula is C22H22BrN5O2. The molecule has 2 aromatic carbocycles. The van der Waals surface area contributed by atoms with Gasteiger partial charge in [-0.15, -0.1) is 0 Å². The number of anilines is 1. The third-order valence-corrected chi connectivity index (χ3v) is 5.80. The fourth-order valence-electron chi connectivity index (χ4n) is 3.60. The predicted octanol–water partition coefficient (Wildman–Crippen LogP) is 3.37. The van der Waals surface area contributed by atoms with Gasteiger partial charge in [0.1, 0.15) is 5.82 Å². The number of hydrogen-bond donors (Lipinski definition) is 0. The summed E-state index contributed by atoms with van der Waals surface area (Å²) in [5, 5.41) is 4.94. The lowest BCUT2D eigenvalue weighted by Gasteiger charge is -2.25. The largest absolute Gasteiger partial charge is 0.293 e. The Kier molecular flexibility index (Phi) is 5.53. The van der Waals surface area contributed by atoms with Crippen molar-refractivity contribution in [2.24, 2.45) is 5.10 Å². The van der Waals surface area contributed by atoms with Crippen molar-refractivity contribution in [1.82, 2.24) is 14.6 Å². The Morgan fingerprint density at radius 1 is 1.10 bits per heavy atom. The Labute approximate surface area is 182 Å². The van der Waals surface area contributed by atoms with Crippen molar-refractivity contribution in [1.29, 1.82) is 0 Å². The average molecular weight is 468 g/mol. The summed E-state index contributed by atoms with van der Waals surface area (Å²) in [5.74, 6) is 0.207. The van der Waals surface area contributed by atoms with Gasteiger partial charge in [-0.1, -0.05) is 48.0 Å². The zero-order valence-corrected chi connectivity index (χ0v) is 18.7. The number of amides is 1. The molecule has 2 heterocycles. The maximum Gasteiger partial charge on any atom is 0.282 e. The number of carbonyl (C=O) groups excluding carboxylic acids is 1. The van der Waals surface area contributed by atoms with Crippen molar-refractivity contribution in [2.45, 2.75) is 20.8 Å². The van der Waals surface area contributed by atoms with Crippen LogP contribution in [-0.2, 0) is 4.79 Å². The second kappa shape index (κ2) is 8.12. The number of nitrogens with zero attached hydrogens (tertiary/aromatic N) is 5. The van der Waals surface area contributed by atoms with Crippen LogP contribution in [0.5, 0.6) is 0 Å². The molecule has 1 amide bonds. The smallest absolute Gasteiger partial charge is 0.282 e. The summed E-state index contributed by atoms with van der Waals surface area (Å²) in [4.78, 5) is 34.8. The van der Waals surface area contributed by atoms with Crippen molar-refractivity contribution in [3.8, 4) is 0 Å². The molecule has 0 radical (unpaired) electrons. The highest BCUT2D eigenvalue weighted by Crippen LogP contribution is 2.29. The molecule has 7 nitrogen and oxygen atoms in total. The topological polar surface area (TPSA) is 70.8 Å². The number of para-hydroxylation sites is 1. The fraction of sp³-hybridized carbons (Fsp3) is 0.273. The minimum Gasteiger partial charge on any atom is -0.293 e.